The van der Waals surface area contributed by atoms with Crippen LogP contribution in [0, 0.1) is 17.8 Å². The van der Waals surface area contributed by atoms with E-state index in [-0.39, 0.29) is 40.6 Å². The fourth-order valence-corrected chi connectivity index (χ4v) is 8.27. The Morgan fingerprint density at radius 3 is 2.39 bits per heavy atom. The molecule has 1 aromatic heterocycles. The van der Waals surface area contributed by atoms with E-state index in [2.05, 4.69) is 24.5 Å². The molecule has 3 unspecified atom stereocenters. The number of nitrogens with one attached hydrogen (secondary N) is 2. The first-order chi connectivity index (χ1) is 14.0. The molecule has 1 aliphatic heterocycles. The van der Waals surface area contributed by atoms with Crippen molar-refractivity contribution in [3.05, 3.63) is 33.4 Å². The molecule has 1 aromatic rings. The minimum absolute atomic E-state index is 0. The molecule has 0 aromatic carbocycles. The van der Waals surface area contributed by atoms with Crippen molar-refractivity contribution in [3.63, 3.8) is 0 Å². The van der Waals surface area contributed by atoms with Crippen LogP contribution in [-0.2, 0) is 0 Å². The Kier molecular flexibility index (Phi) is 5.39. The van der Waals surface area contributed by atoms with Gasteiger partial charge in [-0.3, -0.25) is 4.79 Å². The molecule has 3 N–H and O–H groups in total. The van der Waals surface area contributed by atoms with Crippen molar-refractivity contribution in [1.82, 2.24) is 10.6 Å². The molecule has 172 valence electrons. The number of halogens is 1. The number of hydrogen-bond acceptors (Lipinski definition) is 5. The summed E-state index contributed by atoms with van der Waals surface area (Å²) >= 11 is 0. The number of hydrogen-bond donors (Lipinski definition) is 3. The van der Waals surface area contributed by atoms with Crippen LogP contribution in [0.3, 0.4) is 0 Å². The van der Waals surface area contributed by atoms with E-state index in [1.54, 1.807) is 0 Å². The predicted molar refractivity (Wildman–Crippen MR) is 121 cm³/mol. The van der Waals surface area contributed by atoms with E-state index in [0.29, 0.717) is 17.7 Å². The highest BCUT2D eigenvalue weighted by atomic mass is 35.5. The molecule has 3 atom stereocenters. The maximum absolute atomic E-state index is 13.3. The quantitative estimate of drug-likeness (QED) is 0.656. The van der Waals surface area contributed by atoms with Gasteiger partial charge in [-0.15, -0.1) is 12.4 Å². The van der Waals surface area contributed by atoms with Crippen molar-refractivity contribution < 1.29 is 14.3 Å². The normalized spacial score (nSPS) is 41.0. The SMILES string of the molecule is Cc1cc(C2CCCNC2)oc(=O)c1C(=O)NC12CC3(C)CC(C)(CC(O)(C3)C1)C2.Cl. The molecule has 1 saturated heterocycles. The van der Waals surface area contributed by atoms with Crippen LogP contribution in [0.5, 0.6) is 0 Å². The molecule has 5 aliphatic rings. The van der Waals surface area contributed by atoms with Gasteiger partial charge >= 0.3 is 5.63 Å². The third kappa shape index (κ3) is 3.96. The van der Waals surface area contributed by atoms with Gasteiger partial charge < -0.3 is 20.2 Å². The first-order valence-electron chi connectivity index (χ1n) is 11.4. The summed E-state index contributed by atoms with van der Waals surface area (Å²) in [5.41, 5.74) is -0.871. The summed E-state index contributed by atoms with van der Waals surface area (Å²) in [6.45, 7) is 8.09. The van der Waals surface area contributed by atoms with E-state index < -0.39 is 16.8 Å². The van der Waals surface area contributed by atoms with Crippen LogP contribution in [0.15, 0.2) is 15.3 Å². The second-order valence-corrected chi connectivity index (χ2v) is 11.7. The van der Waals surface area contributed by atoms with E-state index in [4.69, 9.17) is 4.42 Å². The van der Waals surface area contributed by atoms with Crippen LogP contribution in [0.25, 0.3) is 0 Å². The monoisotopic (exact) mass is 450 g/mol. The number of amides is 1. The minimum Gasteiger partial charge on any atom is -0.427 e. The predicted octanol–water partition coefficient (Wildman–Crippen LogP) is 3.43. The highest BCUT2D eigenvalue weighted by Gasteiger charge is 2.65. The lowest BCUT2D eigenvalue weighted by Crippen LogP contribution is -2.70. The van der Waals surface area contributed by atoms with Crippen molar-refractivity contribution >= 4 is 18.3 Å². The average Bonchev–Trinajstić information content (AvgIpc) is 2.57. The number of piperidine rings is 1. The molecule has 0 radical (unpaired) electrons. The first-order valence-corrected chi connectivity index (χ1v) is 11.4. The fraction of sp³-hybridized carbons (Fsp3) is 0.750. The number of aliphatic hydroxyl groups is 1. The molecule has 5 fully saturated rings. The van der Waals surface area contributed by atoms with Gasteiger partial charge in [-0.2, -0.15) is 0 Å². The topological polar surface area (TPSA) is 91.6 Å². The van der Waals surface area contributed by atoms with Gasteiger partial charge in [0.25, 0.3) is 5.91 Å². The Morgan fingerprint density at radius 1 is 1.16 bits per heavy atom. The summed E-state index contributed by atoms with van der Waals surface area (Å²) in [6.07, 6.45) is 7.04. The summed E-state index contributed by atoms with van der Waals surface area (Å²) in [4.78, 5) is 26.1. The molecule has 6 rings (SSSR count). The van der Waals surface area contributed by atoms with E-state index in [9.17, 15) is 14.7 Å². The smallest absolute Gasteiger partial charge is 0.349 e. The minimum atomic E-state index is -0.719. The number of aryl methyl sites for hydroxylation is 1. The van der Waals surface area contributed by atoms with Gasteiger partial charge in [0.2, 0.25) is 0 Å². The summed E-state index contributed by atoms with van der Waals surface area (Å²) < 4.78 is 5.62. The van der Waals surface area contributed by atoms with Gasteiger partial charge in [-0.1, -0.05) is 13.8 Å². The standard InChI is InChI=1S/C24H34N2O4.ClH/c1-15-7-17(16-5-4-6-25-8-16)30-20(28)18(15)19(27)26-23-10-21(2)9-22(3,11-23)13-24(29,12-21)14-23;/h7,16,25,29H,4-6,8-14H2,1-3H3,(H,26,27);1H. The van der Waals surface area contributed by atoms with Gasteiger partial charge in [-0.25, -0.2) is 4.79 Å². The zero-order chi connectivity index (χ0) is 21.4. The maximum Gasteiger partial charge on any atom is 0.349 e. The van der Waals surface area contributed by atoms with Gasteiger partial charge in [0, 0.05) is 18.0 Å². The molecular formula is C24H35ClN2O4. The van der Waals surface area contributed by atoms with Gasteiger partial charge in [0.15, 0.2) is 0 Å². The lowest BCUT2D eigenvalue weighted by atomic mass is 9.41. The molecule has 4 aliphatic carbocycles. The molecule has 7 heteroatoms. The fourth-order valence-electron chi connectivity index (χ4n) is 8.27. The lowest BCUT2D eigenvalue weighted by molar-refractivity contribution is -0.202. The summed E-state index contributed by atoms with van der Waals surface area (Å²) in [7, 11) is 0. The molecule has 1 amide bonds. The summed E-state index contributed by atoms with van der Waals surface area (Å²) in [5, 5.41) is 17.8. The Morgan fingerprint density at radius 2 is 1.84 bits per heavy atom. The molecule has 2 heterocycles. The van der Waals surface area contributed by atoms with Gasteiger partial charge in [0.05, 0.1) is 5.60 Å². The Hall–Kier alpha value is -1.37. The largest absolute Gasteiger partial charge is 0.427 e. The van der Waals surface area contributed by atoms with Crippen LogP contribution >= 0.6 is 12.4 Å². The van der Waals surface area contributed by atoms with Crippen molar-refractivity contribution in [2.75, 3.05) is 13.1 Å². The van der Waals surface area contributed by atoms with Gasteiger partial charge in [0.1, 0.15) is 11.3 Å². The average molecular weight is 451 g/mol. The molecule has 4 saturated carbocycles. The summed E-state index contributed by atoms with van der Waals surface area (Å²) in [5.74, 6) is 0.497. The first kappa shape index (κ1) is 22.8. The Balaban J connectivity index is 0.00000231. The third-order valence-corrected chi connectivity index (χ3v) is 8.04. The molecule has 0 spiro atoms. The molecule has 31 heavy (non-hydrogen) atoms. The summed E-state index contributed by atoms with van der Waals surface area (Å²) in [6, 6.07) is 1.86. The number of carbonyl (C=O) groups excluding carboxylic acids is 1. The Labute approximate surface area is 190 Å². The highest BCUT2D eigenvalue weighted by Crippen LogP contribution is 2.67. The second kappa shape index (κ2) is 7.32. The lowest BCUT2D eigenvalue weighted by Gasteiger charge is -2.68. The number of carbonyl (C=O) groups is 1. The zero-order valence-electron chi connectivity index (χ0n) is 18.8. The zero-order valence-corrected chi connectivity index (χ0v) is 19.6. The third-order valence-electron chi connectivity index (χ3n) is 8.04. The second-order valence-electron chi connectivity index (χ2n) is 11.7. The van der Waals surface area contributed by atoms with Crippen LogP contribution in [-0.4, -0.2) is 35.2 Å². The van der Waals surface area contributed by atoms with Crippen molar-refractivity contribution in [2.24, 2.45) is 10.8 Å². The maximum atomic E-state index is 13.3. The molecule has 4 bridgehead atoms. The van der Waals surface area contributed by atoms with E-state index in [0.717, 1.165) is 58.0 Å². The number of rotatable bonds is 3. The van der Waals surface area contributed by atoms with Gasteiger partial charge in [-0.05, 0) is 87.3 Å². The highest BCUT2D eigenvalue weighted by molar-refractivity contribution is 5.95. The molecule has 6 nitrogen and oxygen atoms in total. The van der Waals surface area contributed by atoms with Crippen LogP contribution < -0.4 is 16.3 Å². The Bertz CT molecular complexity index is 898. The van der Waals surface area contributed by atoms with E-state index >= 15 is 0 Å². The van der Waals surface area contributed by atoms with E-state index in [1.807, 2.05) is 13.0 Å². The van der Waals surface area contributed by atoms with Crippen molar-refractivity contribution in [3.8, 4) is 0 Å². The molecular weight excluding hydrogens is 416 g/mol. The van der Waals surface area contributed by atoms with E-state index in [1.165, 1.54) is 0 Å². The van der Waals surface area contributed by atoms with Crippen LogP contribution in [0.2, 0.25) is 0 Å². The van der Waals surface area contributed by atoms with Crippen LogP contribution in [0.4, 0.5) is 0 Å². The van der Waals surface area contributed by atoms with Crippen molar-refractivity contribution in [2.45, 2.75) is 89.2 Å². The van der Waals surface area contributed by atoms with Crippen molar-refractivity contribution in [1.29, 1.82) is 0 Å². The van der Waals surface area contributed by atoms with Crippen LogP contribution in [0.1, 0.15) is 92.8 Å².